The molecule has 16 heavy (non-hydrogen) atoms. The first-order chi connectivity index (χ1) is 7.92. The minimum absolute atomic E-state index is 0.938. The van der Waals surface area contributed by atoms with E-state index >= 15 is 0 Å². The van der Waals surface area contributed by atoms with Crippen LogP contribution < -0.4 is 4.74 Å². The van der Waals surface area contributed by atoms with Crippen molar-refractivity contribution in [3.63, 3.8) is 0 Å². The summed E-state index contributed by atoms with van der Waals surface area (Å²) in [6.07, 6.45) is 1.28. The first-order valence-corrected chi connectivity index (χ1v) is 5.51. The predicted octanol–water partition coefficient (Wildman–Crippen LogP) is 3.26. The maximum Gasteiger partial charge on any atom is 0.126 e. The first kappa shape index (κ1) is 11.0. The van der Waals surface area contributed by atoms with Gasteiger partial charge in [-0.15, -0.1) is 0 Å². The largest absolute Gasteiger partial charge is 0.496 e. The van der Waals surface area contributed by atoms with E-state index in [0.29, 0.717) is 0 Å². The highest BCUT2D eigenvalue weighted by Crippen LogP contribution is 2.24. The van der Waals surface area contributed by atoms with E-state index in [0.717, 1.165) is 19.0 Å². The molecular formula is C14H16O2. The summed E-state index contributed by atoms with van der Waals surface area (Å²) in [5.74, 6) is 0.938. The summed E-state index contributed by atoms with van der Waals surface area (Å²) in [7, 11) is 1.70. The third kappa shape index (κ3) is 2.52. The molecular weight excluding hydrogens is 200 g/mol. The van der Waals surface area contributed by atoms with Crippen molar-refractivity contribution in [3.8, 4) is 5.75 Å². The summed E-state index contributed by atoms with van der Waals surface area (Å²) in [5.41, 5.74) is 0. The summed E-state index contributed by atoms with van der Waals surface area (Å²) in [5, 5.41) is 2.39. The molecule has 2 heteroatoms. The third-order valence-electron chi connectivity index (χ3n) is 2.55. The molecule has 0 amide bonds. The summed E-state index contributed by atoms with van der Waals surface area (Å²) >= 11 is 0. The summed E-state index contributed by atoms with van der Waals surface area (Å²) in [6, 6.07) is 14.2. The Bertz CT molecular complexity index is 438. The van der Waals surface area contributed by atoms with Crippen LogP contribution in [0.1, 0.15) is 6.42 Å². The molecule has 1 aliphatic heterocycles. The summed E-state index contributed by atoms with van der Waals surface area (Å²) in [4.78, 5) is 0. The Morgan fingerprint density at radius 3 is 2.25 bits per heavy atom. The van der Waals surface area contributed by atoms with Crippen molar-refractivity contribution in [2.24, 2.45) is 0 Å². The van der Waals surface area contributed by atoms with Gasteiger partial charge < -0.3 is 9.47 Å². The molecule has 0 N–H and O–H groups in total. The normalized spacial score (nSPS) is 13.6. The van der Waals surface area contributed by atoms with Crippen LogP contribution in [0, 0.1) is 0 Å². The maximum atomic E-state index is 5.23. The minimum atomic E-state index is 0.938. The summed E-state index contributed by atoms with van der Waals surface area (Å²) < 4.78 is 9.95. The van der Waals surface area contributed by atoms with Gasteiger partial charge in [0, 0.05) is 18.6 Å². The van der Waals surface area contributed by atoms with E-state index in [1.807, 2.05) is 24.3 Å². The molecule has 0 radical (unpaired) electrons. The van der Waals surface area contributed by atoms with Crippen molar-refractivity contribution >= 4 is 10.8 Å². The smallest absolute Gasteiger partial charge is 0.126 e. The fourth-order valence-electron chi connectivity index (χ4n) is 1.52. The molecule has 0 unspecified atom stereocenters. The van der Waals surface area contributed by atoms with E-state index < -0.39 is 0 Å². The average molecular weight is 216 g/mol. The Morgan fingerprint density at radius 1 is 1.00 bits per heavy atom. The molecule has 3 rings (SSSR count). The molecule has 1 heterocycles. The van der Waals surface area contributed by atoms with Crippen LogP contribution >= 0.6 is 0 Å². The molecule has 0 saturated carbocycles. The highest BCUT2D eigenvalue weighted by atomic mass is 16.5. The van der Waals surface area contributed by atoms with Gasteiger partial charge in [-0.05, 0) is 17.9 Å². The zero-order chi connectivity index (χ0) is 11.2. The Hall–Kier alpha value is -1.54. The van der Waals surface area contributed by atoms with Crippen molar-refractivity contribution in [1.82, 2.24) is 0 Å². The Balaban J connectivity index is 0.000000203. The SMILES string of the molecule is C1COC1.COc1cccc2ccccc12. The van der Waals surface area contributed by atoms with E-state index in [9.17, 15) is 0 Å². The Labute approximate surface area is 95.8 Å². The van der Waals surface area contributed by atoms with Gasteiger partial charge in [0.15, 0.2) is 0 Å². The van der Waals surface area contributed by atoms with Gasteiger partial charge in [-0.2, -0.15) is 0 Å². The zero-order valence-corrected chi connectivity index (χ0v) is 9.48. The van der Waals surface area contributed by atoms with E-state index in [4.69, 9.17) is 9.47 Å². The number of rotatable bonds is 1. The van der Waals surface area contributed by atoms with Crippen LogP contribution in [0.5, 0.6) is 5.75 Å². The second-order valence-electron chi connectivity index (χ2n) is 3.65. The molecule has 1 aliphatic rings. The van der Waals surface area contributed by atoms with Crippen molar-refractivity contribution in [2.75, 3.05) is 20.3 Å². The lowest BCUT2D eigenvalue weighted by atomic mass is 10.1. The molecule has 84 valence electrons. The lowest BCUT2D eigenvalue weighted by molar-refractivity contribution is 0.0367. The Morgan fingerprint density at radius 2 is 1.62 bits per heavy atom. The standard InChI is InChI=1S/C11H10O.C3H6O/c1-12-11-8-4-6-9-5-2-3-7-10(9)11;1-2-4-3-1/h2-8H,1H3;1-3H2. The van der Waals surface area contributed by atoms with Crippen LogP contribution in [-0.2, 0) is 4.74 Å². The van der Waals surface area contributed by atoms with Crippen LogP contribution in [-0.4, -0.2) is 20.3 Å². The molecule has 0 spiro atoms. The highest BCUT2D eigenvalue weighted by molar-refractivity contribution is 5.88. The number of benzene rings is 2. The lowest BCUT2D eigenvalue weighted by Gasteiger charge is -2.09. The van der Waals surface area contributed by atoms with Gasteiger partial charge >= 0.3 is 0 Å². The van der Waals surface area contributed by atoms with Gasteiger partial charge in [-0.1, -0.05) is 36.4 Å². The zero-order valence-electron chi connectivity index (χ0n) is 9.48. The van der Waals surface area contributed by atoms with E-state index in [-0.39, 0.29) is 0 Å². The monoisotopic (exact) mass is 216 g/mol. The van der Waals surface area contributed by atoms with E-state index in [2.05, 4.69) is 18.2 Å². The van der Waals surface area contributed by atoms with Crippen molar-refractivity contribution in [1.29, 1.82) is 0 Å². The molecule has 2 nitrogen and oxygen atoms in total. The van der Waals surface area contributed by atoms with Crippen molar-refractivity contribution in [3.05, 3.63) is 42.5 Å². The van der Waals surface area contributed by atoms with E-state index in [1.54, 1.807) is 7.11 Å². The van der Waals surface area contributed by atoms with Crippen LogP contribution in [0.2, 0.25) is 0 Å². The number of fused-ring (bicyclic) bond motifs is 1. The van der Waals surface area contributed by atoms with Crippen LogP contribution in [0.3, 0.4) is 0 Å². The Kier molecular flexibility index (Phi) is 3.78. The minimum Gasteiger partial charge on any atom is -0.496 e. The molecule has 1 saturated heterocycles. The third-order valence-corrected chi connectivity index (χ3v) is 2.55. The first-order valence-electron chi connectivity index (χ1n) is 5.51. The second kappa shape index (κ2) is 5.52. The molecule has 0 atom stereocenters. The van der Waals surface area contributed by atoms with E-state index in [1.165, 1.54) is 17.2 Å². The molecule has 1 fully saturated rings. The van der Waals surface area contributed by atoms with Crippen LogP contribution in [0.15, 0.2) is 42.5 Å². The molecule has 0 aliphatic carbocycles. The molecule has 2 aromatic carbocycles. The average Bonchev–Trinajstić information content (AvgIpc) is 2.26. The molecule has 0 bridgehead atoms. The number of methoxy groups -OCH3 is 1. The van der Waals surface area contributed by atoms with Crippen LogP contribution in [0.4, 0.5) is 0 Å². The fraction of sp³-hybridized carbons (Fsp3) is 0.286. The number of hydrogen-bond acceptors (Lipinski definition) is 2. The van der Waals surface area contributed by atoms with Gasteiger partial charge in [0.1, 0.15) is 5.75 Å². The molecule has 0 aromatic heterocycles. The van der Waals surface area contributed by atoms with Crippen molar-refractivity contribution < 1.29 is 9.47 Å². The lowest BCUT2D eigenvalue weighted by Crippen LogP contribution is -2.09. The van der Waals surface area contributed by atoms with Gasteiger partial charge in [0.2, 0.25) is 0 Å². The van der Waals surface area contributed by atoms with Crippen LogP contribution in [0.25, 0.3) is 10.8 Å². The van der Waals surface area contributed by atoms with Gasteiger partial charge in [0.05, 0.1) is 7.11 Å². The fourth-order valence-corrected chi connectivity index (χ4v) is 1.52. The second-order valence-corrected chi connectivity index (χ2v) is 3.65. The quantitative estimate of drug-likeness (QED) is 0.728. The maximum absolute atomic E-state index is 5.23. The highest BCUT2D eigenvalue weighted by Gasteiger charge is 1.97. The van der Waals surface area contributed by atoms with Gasteiger partial charge in [-0.3, -0.25) is 0 Å². The number of hydrogen-bond donors (Lipinski definition) is 0. The topological polar surface area (TPSA) is 18.5 Å². The van der Waals surface area contributed by atoms with Crippen molar-refractivity contribution in [2.45, 2.75) is 6.42 Å². The van der Waals surface area contributed by atoms with Gasteiger partial charge in [0.25, 0.3) is 0 Å². The van der Waals surface area contributed by atoms with Gasteiger partial charge in [-0.25, -0.2) is 0 Å². The predicted molar refractivity (Wildman–Crippen MR) is 65.9 cm³/mol. The molecule has 2 aromatic rings. The number of ether oxygens (including phenoxy) is 2. The summed E-state index contributed by atoms with van der Waals surface area (Å²) in [6.45, 7) is 2.00.